The first-order chi connectivity index (χ1) is 15.7. The molecule has 0 aromatic heterocycles. The molecule has 0 N–H and O–H groups in total. The highest BCUT2D eigenvalue weighted by atomic mass is 31.2. The summed E-state index contributed by atoms with van der Waals surface area (Å²) in [4.78, 5) is 14.4. The Balaban J connectivity index is 1.59. The molecule has 0 aliphatic heterocycles. The molecule has 0 saturated heterocycles. The zero-order chi connectivity index (χ0) is 21.6. The monoisotopic (exact) mass is 438 g/mol. The Kier molecular flexibility index (Phi) is 4.99. The minimum absolute atomic E-state index is 0.113. The van der Waals surface area contributed by atoms with E-state index in [0.717, 1.165) is 37.0 Å². The van der Waals surface area contributed by atoms with Crippen LogP contribution in [0.2, 0.25) is 0 Å². The molecule has 3 aromatic carbocycles. The molecule has 4 fully saturated rings. The van der Waals surface area contributed by atoms with Crippen LogP contribution in [0.4, 0.5) is 0 Å². The standard InChI is InChI=1S/C30H31OP/c31-29(30-19-23-16-24(20-30)18-25(17-23)21-30)22-32(26-10-4-1-5-11-26,27-12-6-2-7-13-27)28-14-8-3-9-15-28/h1-15,22-25H,16-21H2. The highest BCUT2D eigenvalue weighted by Crippen LogP contribution is 2.60. The molecule has 0 unspecified atom stereocenters. The lowest BCUT2D eigenvalue weighted by atomic mass is 9.48. The average molecular weight is 439 g/mol. The van der Waals surface area contributed by atoms with Gasteiger partial charge < -0.3 is 0 Å². The van der Waals surface area contributed by atoms with Gasteiger partial charge in [-0.3, -0.25) is 4.79 Å². The van der Waals surface area contributed by atoms with Gasteiger partial charge in [0, 0.05) is 5.41 Å². The molecule has 32 heavy (non-hydrogen) atoms. The molecular formula is C30H31OP. The summed E-state index contributed by atoms with van der Waals surface area (Å²) in [6, 6.07) is 32.4. The maximum absolute atomic E-state index is 14.4. The third-order valence-electron chi connectivity index (χ3n) is 8.36. The van der Waals surface area contributed by atoms with Crippen molar-refractivity contribution in [2.45, 2.75) is 38.5 Å². The van der Waals surface area contributed by atoms with E-state index in [4.69, 9.17) is 0 Å². The predicted octanol–water partition coefficient (Wildman–Crippen LogP) is 5.57. The number of ketones is 1. The number of Topliss-reactive ketones (excluding diaryl/α,β-unsaturated/α-hetero) is 1. The zero-order valence-corrected chi connectivity index (χ0v) is 19.5. The first-order valence-electron chi connectivity index (χ1n) is 12.1. The lowest BCUT2D eigenvalue weighted by Gasteiger charge is -2.55. The molecule has 4 bridgehead atoms. The smallest absolute Gasteiger partial charge is 0.162 e. The van der Waals surface area contributed by atoms with Crippen molar-refractivity contribution in [2.24, 2.45) is 23.2 Å². The minimum atomic E-state index is -2.21. The quantitative estimate of drug-likeness (QED) is 0.476. The van der Waals surface area contributed by atoms with Gasteiger partial charge in [-0.05, 0) is 84.9 Å². The number of carbonyl (C=O) groups is 1. The molecule has 0 atom stereocenters. The van der Waals surface area contributed by atoms with Crippen LogP contribution in [0.1, 0.15) is 38.5 Å². The number of benzene rings is 3. The second-order valence-corrected chi connectivity index (χ2v) is 13.7. The van der Waals surface area contributed by atoms with Gasteiger partial charge in [-0.15, -0.1) is 0 Å². The molecular weight excluding hydrogens is 407 g/mol. The second kappa shape index (κ2) is 7.89. The van der Waals surface area contributed by atoms with Crippen molar-refractivity contribution in [1.82, 2.24) is 0 Å². The SMILES string of the molecule is O=C(C=P(c1ccccc1)(c1ccccc1)c1ccccc1)C12CC3CC(CC(C3)C1)C2. The maximum atomic E-state index is 14.4. The van der Waals surface area contributed by atoms with Gasteiger partial charge >= 0.3 is 0 Å². The van der Waals surface area contributed by atoms with Gasteiger partial charge in [0.2, 0.25) is 0 Å². The zero-order valence-electron chi connectivity index (χ0n) is 18.6. The van der Waals surface area contributed by atoms with Crippen molar-refractivity contribution in [1.29, 1.82) is 0 Å². The fourth-order valence-electron chi connectivity index (χ4n) is 7.39. The Labute approximate surface area is 191 Å². The molecule has 0 spiro atoms. The first-order valence-corrected chi connectivity index (χ1v) is 14.0. The predicted molar refractivity (Wildman–Crippen MR) is 137 cm³/mol. The molecule has 4 aliphatic carbocycles. The van der Waals surface area contributed by atoms with E-state index in [1.54, 1.807) is 0 Å². The summed E-state index contributed by atoms with van der Waals surface area (Å²) in [5.74, 6) is 4.99. The van der Waals surface area contributed by atoms with Crippen molar-refractivity contribution in [2.75, 3.05) is 0 Å². The highest BCUT2D eigenvalue weighted by molar-refractivity contribution is 7.95. The molecule has 7 rings (SSSR count). The van der Waals surface area contributed by atoms with E-state index in [9.17, 15) is 4.79 Å². The molecule has 0 amide bonds. The summed E-state index contributed by atoms with van der Waals surface area (Å²) >= 11 is 0. The summed E-state index contributed by atoms with van der Waals surface area (Å²) in [6.07, 6.45) is 7.45. The Morgan fingerprint density at radius 2 is 0.969 bits per heavy atom. The molecule has 0 heterocycles. The molecule has 2 heteroatoms. The van der Waals surface area contributed by atoms with Crippen LogP contribution in [-0.4, -0.2) is 11.6 Å². The average Bonchev–Trinajstić information content (AvgIpc) is 2.83. The van der Waals surface area contributed by atoms with E-state index in [0.29, 0.717) is 5.78 Å². The van der Waals surface area contributed by atoms with E-state index in [-0.39, 0.29) is 5.41 Å². The number of hydrogen-bond acceptors (Lipinski definition) is 1. The normalized spacial score (nSPS) is 28.4. The third-order valence-corrected chi connectivity index (χ3v) is 12.3. The fourth-order valence-corrected chi connectivity index (χ4v) is 11.3. The van der Waals surface area contributed by atoms with Gasteiger partial charge in [0.15, 0.2) is 5.78 Å². The van der Waals surface area contributed by atoms with Crippen LogP contribution < -0.4 is 15.9 Å². The van der Waals surface area contributed by atoms with Gasteiger partial charge in [-0.25, -0.2) is 0 Å². The summed E-state index contributed by atoms with van der Waals surface area (Å²) < 4.78 is 0. The van der Waals surface area contributed by atoms with Crippen LogP contribution in [-0.2, 0) is 4.79 Å². The fraction of sp³-hybridized carbons (Fsp3) is 0.333. The molecule has 1 nitrogen and oxygen atoms in total. The van der Waals surface area contributed by atoms with Crippen LogP contribution in [0.5, 0.6) is 0 Å². The lowest BCUT2D eigenvalue weighted by molar-refractivity contribution is -0.135. The Morgan fingerprint density at radius 3 is 1.31 bits per heavy atom. The molecule has 4 saturated carbocycles. The van der Waals surface area contributed by atoms with Crippen molar-refractivity contribution >= 4 is 34.4 Å². The molecule has 162 valence electrons. The minimum Gasteiger partial charge on any atom is -0.294 e. The van der Waals surface area contributed by atoms with E-state index in [1.165, 1.54) is 35.2 Å². The Hall–Kier alpha value is -2.37. The lowest BCUT2D eigenvalue weighted by Crippen LogP contribution is -2.50. The van der Waals surface area contributed by atoms with Gasteiger partial charge in [0.25, 0.3) is 0 Å². The van der Waals surface area contributed by atoms with Crippen molar-refractivity contribution in [3.63, 3.8) is 0 Å². The second-order valence-electron chi connectivity index (χ2n) is 10.4. The van der Waals surface area contributed by atoms with Gasteiger partial charge in [0.1, 0.15) is 0 Å². The van der Waals surface area contributed by atoms with Crippen LogP contribution in [0.3, 0.4) is 0 Å². The Morgan fingerprint density at radius 1 is 0.625 bits per heavy atom. The van der Waals surface area contributed by atoms with E-state index in [2.05, 4.69) is 96.8 Å². The third kappa shape index (κ3) is 3.25. The van der Waals surface area contributed by atoms with E-state index < -0.39 is 6.89 Å². The summed E-state index contributed by atoms with van der Waals surface area (Å²) in [5.41, 5.74) is -0.113. The van der Waals surface area contributed by atoms with E-state index in [1.807, 2.05) is 0 Å². The van der Waals surface area contributed by atoms with Crippen LogP contribution in [0.15, 0.2) is 91.0 Å². The van der Waals surface area contributed by atoms with Crippen molar-refractivity contribution in [3.05, 3.63) is 91.0 Å². The summed E-state index contributed by atoms with van der Waals surface area (Å²) in [6.45, 7) is -2.21. The Bertz CT molecular complexity index is 1020. The van der Waals surface area contributed by atoms with Gasteiger partial charge in [-0.2, -0.15) is 0 Å². The van der Waals surface area contributed by atoms with Crippen LogP contribution in [0.25, 0.3) is 0 Å². The largest absolute Gasteiger partial charge is 0.294 e. The summed E-state index contributed by atoms with van der Waals surface area (Å²) in [5, 5.41) is 3.82. The van der Waals surface area contributed by atoms with Gasteiger partial charge in [-0.1, -0.05) is 91.0 Å². The van der Waals surface area contributed by atoms with Crippen LogP contribution in [0, 0.1) is 23.2 Å². The van der Waals surface area contributed by atoms with Crippen LogP contribution >= 0.6 is 6.89 Å². The highest BCUT2D eigenvalue weighted by Gasteiger charge is 2.54. The van der Waals surface area contributed by atoms with Crippen molar-refractivity contribution in [3.8, 4) is 0 Å². The number of hydrogen-bond donors (Lipinski definition) is 0. The van der Waals surface area contributed by atoms with Crippen molar-refractivity contribution < 1.29 is 4.79 Å². The molecule has 0 radical (unpaired) electrons. The number of rotatable bonds is 5. The maximum Gasteiger partial charge on any atom is 0.162 e. The summed E-state index contributed by atoms with van der Waals surface area (Å²) in [7, 11) is 0. The topological polar surface area (TPSA) is 17.1 Å². The van der Waals surface area contributed by atoms with E-state index >= 15 is 0 Å². The first kappa shape index (κ1) is 20.3. The van der Waals surface area contributed by atoms with Gasteiger partial charge in [0.05, 0.1) is 0 Å². The number of carbonyl (C=O) groups excluding carboxylic acids is 1. The molecule has 3 aromatic rings. The molecule has 4 aliphatic rings.